The Balaban J connectivity index is 1.96. The first-order chi connectivity index (χ1) is 10.2. The lowest BCUT2D eigenvalue weighted by Gasteiger charge is -2.49. The summed E-state index contributed by atoms with van der Waals surface area (Å²) >= 11 is 0. The third-order valence-corrected chi connectivity index (χ3v) is 5.05. The molecule has 0 radical (unpaired) electrons. The summed E-state index contributed by atoms with van der Waals surface area (Å²) < 4.78 is 10.7. The predicted octanol–water partition coefficient (Wildman–Crippen LogP) is 2.54. The number of nitrogens with zero attached hydrogens (tertiary/aromatic N) is 1. The molecule has 3 rings (SSSR count). The van der Waals surface area contributed by atoms with Gasteiger partial charge in [-0.05, 0) is 56.5 Å². The van der Waals surface area contributed by atoms with Gasteiger partial charge in [0.1, 0.15) is 5.60 Å². The number of ether oxygens (including phenoxy) is 2. The van der Waals surface area contributed by atoms with Crippen molar-refractivity contribution in [3.63, 3.8) is 0 Å². The molecular formula is C17H25NO3. The van der Waals surface area contributed by atoms with Crippen LogP contribution >= 0.6 is 0 Å². The van der Waals surface area contributed by atoms with E-state index in [0.29, 0.717) is 11.5 Å². The highest BCUT2D eigenvalue weighted by Gasteiger charge is 2.45. The first-order valence-electron chi connectivity index (χ1n) is 7.88. The van der Waals surface area contributed by atoms with Crippen molar-refractivity contribution in [3.05, 3.63) is 23.8 Å². The number of benzene rings is 1. The standard InChI is InChI=1S/C17H25NO3/c1-20-14-8-7-13(12-15(14)21-2)17(19)9-5-11-18-10-4-3-6-16(17)18/h7-8,12,16,19H,3-6,9-11H2,1-2H3. The molecule has 0 saturated carbocycles. The summed E-state index contributed by atoms with van der Waals surface area (Å²) in [5.41, 5.74) is 0.190. The van der Waals surface area contributed by atoms with E-state index in [4.69, 9.17) is 9.47 Å². The molecule has 2 unspecified atom stereocenters. The molecule has 1 aromatic rings. The topological polar surface area (TPSA) is 41.9 Å². The predicted molar refractivity (Wildman–Crippen MR) is 81.9 cm³/mol. The van der Waals surface area contributed by atoms with Crippen LogP contribution in [0.1, 0.15) is 37.7 Å². The Morgan fingerprint density at radius 3 is 2.62 bits per heavy atom. The molecule has 0 bridgehead atoms. The molecule has 0 amide bonds. The molecule has 0 spiro atoms. The molecular weight excluding hydrogens is 266 g/mol. The van der Waals surface area contributed by atoms with Crippen LogP contribution in [0.15, 0.2) is 18.2 Å². The summed E-state index contributed by atoms with van der Waals surface area (Å²) in [6, 6.07) is 6.06. The molecule has 4 heteroatoms. The molecule has 2 aliphatic rings. The largest absolute Gasteiger partial charge is 0.493 e. The van der Waals surface area contributed by atoms with Gasteiger partial charge >= 0.3 is 0 Å². The van der Waals surface area contributed by atoms with E-state index in [2.05, 4.69) is 4.90 Å². The van der Waals surface area contributed by atoms with Crippen LogP contribution in [0.5, 0.6) is 11.5 Å². The van der Waals surface area contributed by atoms with Gasteiger partial charge in [-0.3, -0.25) is 4.90 Å². The maximum atomic E-state index is 11.4. The number of rotatable bonds is 3. The van der Waals surface area contributed by atoms with Crippen LogP contribution < -0.4 is 9.47 Å². The molecule has 4 nitrogen and oxygen atoms in total. The van der Waals surface area contributed by atoms with E-state index in [1.165, 1.54) is 12.8 Å². The van der Waals surface area contributed by atoms with Gasteiger partial charge in [0, 0.05) is 6.04 Å². The summed E-state index contributed by atoms with van der Waals surface area (Å²) in [6.45, 7) is 2.22. The van der Waals surface area contributed by atoms with E-state index >= 15 is 0 Å². The molecule has 2 saturated heterocycles. The van der Waals surface area contributed by atoms with Crippen molar-refractivity contribution < 1.29 is 14.6 Å². The van der Waals surface area contributed by atoms with Crippen molar-refractivity contribution in [1.82, 2.24) is 4.90 Å². The second kappa shape index (κ2) is 5.85. The van der Waals surface area contributed by atoms with Crippen LogP contribution in [0, 0.1) is 0 Å². The lowest BCUT2D eigenvalue weighted by Crippen LogP contribution is -2.56. The highest BCUT2D eigenvalue weighted by atomic mass is 16.5. The maximum absolute atomic E-state index is 11.4. The highest BCUT2D eigenvalue weighted by Crippen LogP contribution is 2.43. The number of methoxy groups -OCH3 is 2. The van der Waals surface area contributed by atoms with E-state index in [-0.39, 0.29) is 6.04 Å². The van der Waals surface area contributed by atoms with Crippen molar-refractivity contribution in [1.29, 1.82) is 0 Å². The molecule has 2 fully saturated rings. The van der Waals surface area contributed by atoms with Gasteiger partial charge in [-0.2, -0.15) is 0 Å². The minimum atomic E-state index is -0.766. The average Bonchev–Trinajstić information content (AvgIpc) is 2.54. The van der Waals surface area contributed by atoms with E-state index in [1.807, 2.05) is 18.2 Å². The zero-order chi connectivity index (χ0) is 14.9. The molecule has 116 valence electrons. The molecule has 0 aromatic heterocycles. The summed E-state index contributed by atoms with van der Waals surface area (Å²) in [5, 5.41) is 11.4. The molecule has 21 heavy (non-hydrogen) atoms. The summed E-state index contributed by atoms with van der Waals surface area (Å²) in [6.07, 6.45) is 5.39. The van der Waals surface area contributed by atoms with Gasteiger partial charge in [-0.25, -0.2) is 0 Å². The van der Waals surface area contributed by atoms with Crippen LogP contribution in [0.2, 0.25) is 0 Å². The fourth-order valence-electron chi connectivity index (χ4n) is 3.96. The number of fused-ring (bicyclic) bond motifs is 1. The number of hydrogen-bond donors (Lipinski definition) is 1. The van der Waals surface area contributed by atoms with Crippen molar-refractivity contribution in [2.45, 2.75) is 43.7 Å². The van der Waals surface area contributed by atoms with Gasteiger partial charge in [-0.1, -0.05) is 12.5 Å². The third kappa shape index (κ3) is 2.51. The van der Waals surface area contributed by atoms with Gasteiger partial charge in [0.2, 0.25) is 0 Å². The normalized spacial score (nSPS) is 29.8. The smallest absolute Gasteiger partial charge is 0.161 e. The monoisotopic (exact) mass is 291 g/mol. The Morgan fingerprint density at radius 1 is 1.10 bits per heavy atom. The van der Waals surface area contributed by atoms with Crippen LogP contribution in [0.3, 0.4) is 0 Å². The van der Waals surface area contributed by atoms with Crippen molar-refractivity contribution in [2.24, 2.45) is 0 Å². The summed E-state index contributed by atoms with van der Waals surface area (Å²) in [5.74, 6) is 1.40. The second-order valence-corrected chi connectivity index (χ2v) is 6.15. The van der Waals surface area contributed by atoms with Crippen LogP contribution in [0.25, 0.3) is 0 Å². The number of hydrogen-bond acceptors (Lipinski definition) is 4. The molecule has 0 aliphatic carbocycles. The number of piperidine rings is 2. The van der Waals surface area contributed by atoms with E-state index in [9.17, 15) is 5.11 Å². The first-order valence-corrected chi connectivity index (χ1v) is 7.88. The summed E-state index contributed by atoms with van der Waals surface area (Å²) in [4.78, 5) is 2.46. The van der Waals surface area contributed by atoms with Gasteiger partial charge in [0.25, 0.3) is 0 Å². The Hall–Kier alpha value is -1.26. The van der Waals surface area contributed by atoms with Crippen molar-refractivity contribution in [2.75, 3.05) is 27.3 Å². The first kappa shape index (κ1) is 14.7. The van der Waals surface area contributed by atoms with Gasteiger partial charge in [0.05, 0.1) is 14.2 Å². The van der Waals surface area contributed by atoms with Gasteiger partial charge in [-0.15, -0.1) is 0 Å². The fourth-order valence-corrected chi connectivity index (χ4v) is 3.96. The van der Waals surface area contributed by atoms with Crippen molar-refractivity contribution >= 4 is 0 Å². The lowest BCUT2D eigenvalue weighted by atomic mass is 9.75. The molecule has 2 atom stereocenters. The molecule has 2 aliphatic heterocycles. The van der Waals surface area contributed by atoms with E-state index in [1.54, 1.807) is 14.2 Å². The quantitative estimate of drug-likeness (QED) is 0.929. The maximum Gasteiger partial charge on any atom is 0.161 e. The summed E-state index contributed by atoms with van der Waals surface area (Å²) in [7, 11) is 3.27. The van der Waals surface area contributed by atoms with E-state index < -0.39 is 5.60 Å². The highest BCUT2D eigenvalue weighted by molar-refractivity contribution is 5.45. The SMILES string of the molecule is COc1ccc(C2(O)CCCN3CCCCC32)cc1OC. The average molecular weight is 291 g/mol. The van der Waals surface area contributed by atoms with Gasteiger partial charge < -0.3 is 14.6 Å². The molecule has 2 heterocycles. The Bertz CT molecular complexity index is 503. The van der Waals surface area contributed by atoms with Crippen LogP contribution in [-0.4, -0.2) is 43.4 Å². The third-order valence-electron chi connectivity index (χ3n) is 5.05. The molecule has 1 aromatic carbocycles. The number of aliphatic hydroxyl groups is 1. The van der Waals surface area contributed by atoms with Gasteiger partial charge in [0.15, 0.2) is 11.5 Å². The second-order valence-electron chi connectivity index (χ2n) is 6.15. The Morgan fingerprint density at radius 2 is 1.86 bits per heavy atom. The van der Waals surface area contributed by atoms with Crippen molar-refractivity contribution in [3.8, 4) is 11.5 Å². The van der Waals surface area contributed by atoms with E-state index in [0.717, 1.165) is 37.9 Å². The lowest BCUT2D eigenvalue weighted by molar-refractivity contribution is -0.0996. The fraction of sp³-hybridized carbons (Fsp3) is 0.647. The Kier molecular flexibility index (Phi) is 4.09. The zero-order valence-corrected chi connectivity index (χ0v) is 13.0. The Labute approximate surface area is 126 Å². The zero-order valence-electron chi connectivity index (χ0n) is 13.0. The van der Waals surface area contributed by atoms with Crippen LogP contribution in [-0.2, 0) is 5.60 Å². The molecule has 1 N–H and O–H groups in total. The minimum Gasteiger partial charge on any atom is -0.493 e. The minimum absolute atomic E-state index is 0.234. The van der Waals surface area contributed by atoms with Crippen LogP contribution in [0.4, 0.5) is 0 Å².